The van der Waals surface area contributed by atoms with E-state index in [1.165, 1.54) is 17.0 Å². The molecule has 10 heteroatoms. The highest BCUT2D eigenvalue weighted by atomic mass is 79.9. The first-order valence-electron chi connectivity index (χ1n) is 12.7. The Labute approximate surface area is 239 Å². The Balaban J connectivity index is 2.03. The Morgan fingerprint density at radius 2 is 1.67 bits per heavy atom. The number of amides is 2. The van der Waals surface area contributed by atoms with Crippen molar-refractivity contribution in [1.82, 2.24) is 10.2 Å². The Morgan fingerprint density at radius 3 is 2.26 bits per heavy atom. The van der Waals surface area contributed by atoms with Crippen molar-refractivity contribution in [2.75, 3.05) is 24.0 Å². The van der Waals surface area contributed by atoms with Crippen LogP contribution in [0.1, 0.15) is 31.9 Å². The number of anilines is 1. The van der Waals surface area contributed by atoms with Gasteiger partial charge in [-0.1, -0.05) is 45.8 Å². The number of likely N-dealkylation sites (N-methyl/N-ethyl adjacent to an activating group) is 1. The van der Waals surface area contributed by atoms with Gasteiger partial charge in [-0.2, -0.15) is 0 Å². The topological polar surface area (TPSA) is 96.0 Å². The van der Waals surface area contributed by atoms with E-state index in [1.54, 1.807) is 50.2 Å². The minimum Gasteiger partial charge on any atom is -0.494 e. The smallest absolute Gasteiger partial charge is 0.264 e. The van der Waals surface area contributed by atoms with E-state index >= 15 is 0 Å². The second-order valence-corrected chi connectivity index (χ2v) is 11.8. The van der Waals surface area contributed by atoms with E-state index in [1.807, 2.05) is 38.1 Å². The molecule has 208 valence electrons. The third-order valence-corrected chi connectivity index (χ3v) is 8.39. The van der Waals surface area contributed by atoms with Gasteiger partial charge in [-0.25, -0.2) is 8.42 Å². The molecule has 3 aromatic rings. The summed E-state index contributed by atoms with van der Waals surface area (Å²) in [5.74, 6) is -0.244. The van der Waals surface area contributed by atoms with Crippen LogP contribution in [-0.2, 0) is 26.2 Å². The molecule has 0 heterocycles. The van der Waals surface area contributed by atoms with E-state index in [-0.39, 0.29) is 17.3 Å². The molecule has 0 radical (unpaired) electrons. The number of hydrogen-bond acceptors (Lipinski definition) is 5. The predicted molar refractivity (Wildman–Crippen MR) is 156 cm³/mol. The van der Waals surface area contributed by atoms with Gasteiger partial charge in [-0.3, -0.25) is 13.9 Å². The van der Waals surface area contributed by atoms with Gasteiger partial charge in [-0.05, 0) is 81.8 Å². The molecule has 1 N–H and O–H groups in total. The van der Waals surface area contributed by atoms with Gasteiger partial charge in [0.25, 0.3) is 10.0 Å². The molecule has 0 unspecified atom stereocenters. The number of rotatable bonds is 12. The maximum absolute atomic E-state index is 13.9. The average Bonchev–Trinajstić information content (AvgIpc) is 2.91. The summed E-state index contributed by atoms with van der Waals surface area (Å²) >= 11 is 3.33. The number of sulfonamides is 1. The molecule has 0 aliphatic carbocycles. The van der Waals surface area contributed by atoms with E-state index in [0.717, 1.165) is 19.9 Å². The Hall–Kier alpha value is -3.37. The van der Waals surface area contributed by atoms with Crippen molar-refractivity contribution in [3.63, 3.8) is 0 Å². The lowest BCUT2D eigenvalue weighted by Crippen LogP contribution is -2.51. The fourth-order valence-corrected chi connectivity index (χ4v) is 5.73. The van der Waals surface area contributed by atoms with Crippen molar-refractivity contribution in [3.05, 3.63) is 88.4 Å². The Bertz CT molecular complexity index is 1380. The molecule has 0 saturated carbocycles. The van der Waals surface area contributed by atoms with Crippen LogP contribution in [0, 0.1) is 6.92 Å². The molecule has 3 rings (SSSR count). The van der Waals surface area contributed by atoms with Gasteiger partial charge in [0.2, 0.25) is 11.8 Å². The number of benzene rings is 3. The van der Waals surface area contributed by atoms with Crippen molar-refractivity contribution in [2.45, 2.75) is 45.2 Å². The van der Waals surface area contributed by atoms with Crippen LogP contribution < -0.4 is 14.4 Å². The molecule has 0 aliphatic heterocycles. The third kappa shape index (κ3) is 7.83. The van der Waals surface area contributed by atoms with E-state index in [2.05, 4.69) is 21.2 Å². The van der Waals surface area contributed by atoms with Crippen molar-refractivity contribution in [3.8, 4) is 5.75 Å². The second kappa shape index (κ2) is 13.6. The average molecular weight is 617 g/mol. The molecule has 39 heavy (non-hydrogen) atoms. The number of carbonyl (C=O) groups is 2. The fourth-order valence-electron chi connectivity index (χ4n) is 4.05. The zero-order valence-electron chi connectivity index (χ0n) is 22.6. The number of ether oxygens (including phenoxy) is 1. The first-order valence-corrected chi connectivity index (χ1v) is 14.9. The van der Waals surface area contributed by atoms with Gasteiger partial charge in [0.05, 0.1) is 17.2 Å². The summed E-state index contributed by atoms with van der Waals surface area (Å²) in [7, 11) is -4.14. The van der Waals surface area contributed by atoms with Crippen molar-refractivity contribution in [2.24, 2.45) is 0 Å². The molecule has 0 aromatic heterocycles. The molecule has 1 atom stereocenters. The molecule has 0 spiro atoms. The highest BCUT2D eigenvalue weighted by Gasteiger charge is 2.32. The van der Waals surface area contributed by atoms with Crippen LogP contribution >= 0.6 is 15.9 Å². The van der Waals surface area contributed by atoms with Crippen LogP contribution in [0.3, 0.4) is 0 Å². The van der Waals surface area contributed by atoms with Gasteiger partial charge < -0.3 is 15.0 Å². The summed E-state index contributed by atoms with van der Waals surface area (Å²) in [5.41, 5.74) is 2.15. The molecule has 3 aromatic carbocycles. The monoisotopic (exact) mass is 615 g/mol. The third-order valence-electron chi connectivity index (χ3n) is 6.07. The van der Waals surface area contributed by atoms with Gasteiger partial charge in [0.15, 0.2) is 0 Å². The van der Waals surface area contributed by atoms with Gasteiger partial charge in [0.1, 0.15) is 18.3 Å². The molecule has 0 bridgehead atoms. The van der Waals surface area contributed by atoms with Gasteiger partial charge in [-0.15, -0.1) is 0 Å². The molecule has 8 nitrogen and oxygen atoms in total. The van der Waals surface area contributed by atoms with Gasteiger partial charge in [0, 0.05) is 17.6 Å². The van der Waals surface area contributed by atoms with E-state index in [0.29, 0.717) is 24.6 Å². The fraction of sp³-hybridized carbons (Fsp3) is 0.310. The number of nitrogens with zero attached hydrogens (tertiary/aromatic N) is 2. The van der Waals surface area contributed by atoms with Crippen molar-refractivity contribution in [1.29, 1.82) is 0 Å². The summed E-state index contributed by atoms with van der Waals surface area (Å²) < 4.78 is 35.0. The van der Waals surface area contributed by atoms with E-state index in [4.69, 9.17) is 4.74 Å². The van der Waals surface area contributed by atoms with Gasteiger partial charge >= 0.3 is 0 Å². The summed E-state index contributed by atoms with van der Waals surface area (Å²) in [4.78, 5) is 28.1. The summed E-state index contributed by atoms with van der Waals surface area (Å²) in [6.45, 7) is 7.77. The van der Waals surface area contributed by atoms with Crippen molar-refractivity contribution < 1.29 is 22.7 Å². The van der Waals surface area contributed by atoms with Crippen molar-refractivity contribution >= 4 is 43.5 Å². The van der Waals surface area contributed by atoms with Crippen LogP contribution in [0.2, 0.25) is 0 Å². The maximum atomic E-state index is 13.9. The Kier molecular flexibility index (Phi) is 10.5. The minimum atomic E-state index is -4.14. The molecule has 0 saturated heterocycles. The quantitative estimate of drug-likeness (QED) is 0.312. The standard InChI is InChI=1S/C29H34BrN3O5S/c1-5-31-29(35)22(4)32(19-23-9-7-8-21(3)18-23)28(34)20-33(25-12-14-26(15-13-25)38-6-2)39(36,37)27-16-10-24(30)11-17-27/h7-18,22H,5-6,19-20H2,1-4H3,(H,31,35)/t22-/m1/s1. The number of nitrogens with one attached hydrogen (secondary N) is 1. The predicted octanol–water partition coefficient (Wildman–Crippen LogP) is 4.90. The lowest BCUT2D eigenvalue weighted by Gasteiger charge is -2.32. The molecular weight excluding hydrogens is 582 g/mol. The Morgan fingerprint density at radius 1 is 1.00 bits per heavy atom. The van der Waals surface area contributed by atoms with Crippen LogP contribution in [0.25, 0.3) is 0 Å². The normalized spacial score (nSPS) is 11.9. The highest BCUT2D eigenvalue weighted by molar-refractivity contribution is 9.10. The number of aryl methyl sites for hydroxylation is 1. The second-order valence-electron chi connectivity index (χ2n) is 8.97. The number of carbonyl (C=O) groups excluding carboxylic acids is 2. The summed E-state index contributed by atoms with van der Waals surface area (Å²) in [5, 5.41) is 2.76. The SMILES string of the molecule is CCNC(=O)[C@@H](C)N(Cc1cccc(C)c1)C(=O)CN(c1ccc(OCC)cc1)S(=O)(=O)c1ccc(Br)cc1. The lowest BCUT2D eigenvalue weighted by molar-refractivity contribution is -0.139. The summed E-state index contributed by atoms with van der Waals surface area (Å²) in [6, 6.07) is 19.6. The van der Waals surface area contributed by atoms with E-state index < -0.39 is 28.5 Å². The molecule has 0 aliphatic rings. The minimum absolute atomic E-state index is 0.0365. The largest absolute Gasteiger partial charge is 0.494 e. The number of hydrogen-bond donors (Lipinski definition) is 1. The first kappa shape index (κ1) is 30.2. The zero-order valence-corrected chi connectivity index (χ0v) is 25.0. The number of halogens is 1. The summed E-state index contributed by atoms with van der Waals surface area (Å²) in [6.07, 6.45) is 0. The van der Waals surface area contributed by atoms with Crippen LogP contribution in [-0.4, -0.2) is 50.9 Å². The molecule has 2 amide bonds. The molecular formula is C29H34BrN3O5S. The molecule has 0 fully saturated rings. The lowest BCUT2D eigenvalue weighted by atomic mass is 10.1. The van der Waals surface area contributed by atoms with E-state index in [9.17, 15) is 18.0 Å². The zero-order chi connectivity index (χ0) is 28.6. The highest BCUT2D eigenvalue weighted by Crippen LogP contribution is 2.27. The van der Waals surface area contributed by atoms with Crippen LogP contribution in [0.15, 0.2) is 82.2 Å². The van der Waals surface area contributed by atoms with Crippen LogP contribution in [0.5, 0.6) is 5.75 Å². The maximum Gasteiger partial charge on any atom is 0.264 e. The van der Waals surface area contributed by atoms with Crippen LogP contribution in [0.4, 0.5) is 5.69 Å². The first-order chi connectivity index (χ1) is 18.6.